The minimum atomic E-state index is -0.900. The topological polar surface area (TPSA) is 33.0 Å². The maximum absolute atomic E-state index is 9.29. The number of rotatable bonds is 3. The molecule has 16 heavy (non-hydrogen) atoms. The molecule has 0 aliphatic heterocycles. The monoisotopic (exact) mass is 211 g/mol. The van der Waals surface area contributed by atoms with E-state index in [-0.39, 0.29) is 0 Å². The van der Waals surface area contributed by atoms with Crippen molar-refractivity contribution >= 4 is 0 Å². The summed E-state index contributed by atoms with van der Waals surface area (Å²) >= 11 is 0. The molecule has 1 atom stereocenters. The predicted octanol–water partition coefficient (Wildman–Crippen LogP) is 2.47. The van der Waals surface area contributed by atoms with Crippen molar-refractivity contribution in [2.45, 2.75) is 18.4 Å². The van der Waals surface area contributed by atoms with Gasteiger partial charge in [0.1, 0.15) is 5.41 Å². The number of methoxy groups -OCH3 is 1. The van der Waals surface area contributed by atoms with E-state index in [1.807, 2.05) is 30.3 Å². The molecule has 2 nitrogen and oxygen atoms in total. The van der Waals surface area contributed by atoms with Crippen molar-refractivity contribution in [1.29, 1.82) is 5.26 Å². The highest BCUT2D eigenvalue weighted by molar-refractivity contribution is 5.41. The molecule has 1 fully saturated rings. The molecule has 1 aliphatic rings. The summed E-state index contributed by atoms with van der Waals surface area (Å²) in [5.41, 5.74) is -0.556. The molecule has 0 radical (unpaired) electrons. The van der Waals surface area contributed by atoms with E-state index in [4.69, 9.17) is 11.2 Å². The molecule has 1 saturated carbocycles. The molecular formula is C14H13NO. The van der Waals surface area contributed by atoms with E-state index in [1.165, 1.54) is 0 Å². The number of nitrogens with zero attached hydrogens (tertiary/aromatic N) is 1. The highest BCUT2D eigenvalue weighted by Crippen LogP contribution is 2.59. The second kappa shape index (κ2) is 3.67. The van der Waals surface area contributed by atoms with Gasteiger partial charge in [0.2, 0.25) is 0 Å². The summed E-state index contributed by atoms with van der Waals surface area (Å²) in [6.45, 7) is 0. The lowest BCUT2D eigenvalue weighted by molar-refractivity contribution is -0.00565. The molecule has 2 rings (SSSR count). The maximum atomic E-state index is 9.29. The molecule has 1 aromatic carbocycles. The van der Waals surface area contributed by atoms with Crippen LogP contribution in [0.2, 0.25) is 0 Å². The van der Waals surface area contributed by atoms with E-state index in [9.17, 15) is 5.26 Å². The molecule has 0 saturated heterocycles. The minimum Gasteiger partial charge on any atom is -0.360 e. The Balaban J connectivity index is 2.55. The van der Waals surface area contributed by atoms with Crippen LogP contribution in [0.1, 0.15) is 18.4 Å². The van der Waals surface area contributed by atoms with Gasteiger partial charge in [0.05, 0.1) is 6.07 Å². The molecule has 2 heteroatoms. The first-order valence-corrected chi connectivity index (χ1v) is 5.24. The zero-order valence-corrected chi connectivity index (χ0v) is 9.23. The number of nitriles is 1. The number of hydrogen-bond acceptors (Lipinski definition) is 2. The van der Waals surface area contributed by atoms with Crippen molar-refractivity contribution in [3.8, 4) is 18.4 Å². The van der Waals surface area contributed by atoms with Crippen LogP contribution in [0.4, 0.5) is 0 Å². The Morgan fingerprint density at radius 1 is 1.38 bits per heavy atom. The summed E-state index contributed by atoms with van der Waals surface area (Å²) in [5.74, 6) is 2.69. The van der Waals surface area contributed by atoms with Crippen molar-refractivity contribution in [3.63, 3.8) is 0 Å². The average Bonchev–Trinajstić information content (AvgIpc) is 3.14. The molecule has 1 aromatic rings. The molecule has 80 valence electrons. The Hall–Kier alpha value is -1.77. The Kier molecular flexibility index (Phi) is 2.46. The average molecular weight is 211 g/mol. The standard InChI is InChI=1S/C14H13NO/c1-3-14(16-2,13(11-15)9-10-13)12-7-5-4-6-8-12/h1,4-8H,9-10H2,2H3/t14-/m1/s1. The van der Waals surface area contributed by atoms with E-state index in [1.54, 1.807) is 7.11 Å². The lowest BCUT2D eigenvalue weighted by atomic mass is 9.79. The van der Waals surface area contributed by atoms with Crippen LogP contribution >= 0.6 is 0 Å². The van der Waals surface area contributed by atoms with Crippen LogP contribution < -0.4 is 0 Å². The second-order valence-corrected chi connectivity index (χ2v) is 4.09. The molecule has 1 aliphatic carbocycles. The largest absolute Gasteiger partial charge is 0.360 e. The number of ether oxygens (including phenoxy) is 1. The summed E-state index contributed by atoms with van der Waals surface area (Å²) in [4.78, 5) is 0. The summed E-state index contributed by atoms with van der Waals surface area (Å²) in [6, 6.07) is 11.9. The minimum absolute atomic E-state index is 0.544. The second-order valence-electron chi connectivity index (χ2n) is 4.09. The van der Waals surface area contributed by atoms with Crippen LogP contribution in [-0.2, 0) is 10.3 Å². The Morgan fingerprint density at radius 3 is 2.38 bits per heavy atom. The van der Waals surface area contributed by atoms with Gasteiger partial charge in [-0.25, -0.2) is 0 Å². The molecule has 0 amide bonds. The number of hydrogen-bond donors (Lipinski definition) is 0. The van der Waals surface area contributed by atoms with Crippen LogP contribution in [0.3, 0.4) is 0 Å². The first kappa shape index (κ1) is 10.7. The van der Waals surface area contributed by atoms with Gasteiger partial charge in [-0.3, -0.25) is 0 Å². The molecule has 0 N–H and O–H groups in total. The van der Waals surface area contributed by atoms with Crippen LogP contribution in [0, 0.1) is 29.1 Å². The summed E-state index contributed by atoms with van der Waals surface area (Å²) in [5, 5.41) is 9.29. The van der Waals surface area contributed by atoms with Crippen molar-refractivity contribution in [2.75, 3.05) is 7.11 Å². The van der Waals surface area contributed by atoms with Crippen LogP contribution in [0.25, 0.3) is 0 Å². The van der Waals surface area contributed by atoms with Crippen LogP contribution in [0.15, 0.2) is 30.3 Å². The summed E-state index contributed by atoms with van der Waals surface area (Å²) in [6.07, 6.45) is 7.23. The van der Waals surface area contributed by atoms with Gasteiger partial charge in [-0.15, -0.1) is 6.42 Å². The van der Waals surface area contributed by atoms with Gasteiger partial charge in [0.15, 0.2) is 5.60 Å². The van der Waals surface area contributed by atoms with Crippen molar-refractivity contribution < 1.29 is 4.74 Å². The SMILES string of the molecule is C#C[C@@](OC)(c1ccccc1)C1(C#N)CC1. The van der Waals surface area contributed by atoms with Crippen LogP contribution in [-0.4, -0.2) is 7.11 Å². The third-order valence-corrected chi connectivity index (χ3v) is 3.33. The lowest BCUT2D eigenvalue weighted by Crippen LogP contribution is -2.36. The smallest absolute Gasteiger partial charge is 0.171 e. The van der Waals surface area contributed by atoms with E-state index >= 15 is 0 Å². The number of benzene rings is 1. The van der Waals surface area contributed by atoms with Gasteiger partial charge in [-0.1, -0.05) is 36.3 Å². The van der Waals surface area contributed by atoms with Crippen molar-refractivity contribution in [1.82, 2.24) is 0 Å². The first-order chi connectivity index (χ1) is 7.74. The molecule has 0 unspecified atom stereocenters. The van der Waals surface area contributed by atoms with Crippen molar-refractivity contribution in [3.05, 3.63) is 35.9 Å². The van der Waals surface area contributed by atoms with E-state index in [2.05, 4.69) is 12.0 Å². The fraction of sp³-hybridized carbons (Fsp3) is 0.357. The molecule has 0 heterocycles. The zero-order chi connectivity index (χ0) is 11.6. The first-order valence-electron chi connectivity index (χ1n) is 5.24. The van der Waals surface area contributed by atoms with Gasteiger partial charge in [0.25, 0.3) is 0 Å². The molecule has 0 aromatic heterocycles. The summed E-state index contributed by atoms with van der Waals surface area (Å²) in [7, 11) is 1.57. The Bertz CT molecular complexity index is 462. The quantitative estimate of drug-likeness (QED) is 0.719. The van der Waals surface area contributed by atoms with E-state index in [0.717, 1.165) is 18.4 Å². The highest BCUT2D eigenvalue weighted by atomic mass is 16.5. The van der Waals surface area contributed by atoms with Crippen LogP contribution in [0.5, 0.6) is 0 Å². The normalized spacial score (nSPS) is 20.2. The summed E-state index contributed by atoms with van der Waals surface area (Å²) < 4.78 is 5.53. The van der Waals surface area contributed by atoms with Gasteiger partial charge in [-0.2, -0.15) is 5.26 Å². The van der Waals surface area contributed by atoms with Gasteiger partial charge in [-0.05, 0) is 18.4 Å². The maximum Gasteiger partial charge on any atom is 0.171 e. The van der Waals surface area contributed by atoms with E-state index < -0.39 is 11.0 Å². The van der Waals surface area contributed by atoms with Gasteiger partial charge >= 0.3 is 0 Å². The lowest BCUT2D eigenvalue weighted by Gasteiger charge is -2.32. The molecule has 0 spiro atoms. The van der Waals surface area contributed by atoms with Crippen molar-refractivity contribution in [2.24, 2.45) is 5.41 Å². The van der Waals surface area contributed by atoms with Gasteiger partial charge < -0.3 is 4.74 Å². The third kappa shape index (κ3) is 1.24. The number of terminal acetylenes is 1. The van der Waals surface area contributed by atoms with E-state index in [0.29, 0.717) is 0 Å². The van der Waals surface area contributed by atoms with Gasteiger partial charge in [0, 0.05) is 7.11 Å². The fourth-order valence-electron chi connectivity index (χ4n) is 2.21. The highest BCUT2D eigenvalue weighted by Gasteiger charge is 2.61. The molecular weight excluding hydrogens is 198 g/mol. The third-order valence-electron chi connectivity index (χ3n) is 3.33. The predicted molar refractivity (Wildman–Crippen MR) is 61.2 cm³/mol. The molecule has 0 bridgehead atoms. The fourth-order valence-corrected chi connectivity index (χ4v) is 2.21. The Labute approximate surface area is 95.9 Å². The Morgan fingerprint density at radius 2 is 2.00 bits per heavy atom. The zero-order valence-electron chi connectivity index (χ0n) is 9.23.